The molecule has 2 atom stereocenters. The largest absolute Gasteiger partial charge is 0.454 e. The summed E-state index contributed by atoms with van der Waals surface area (Å²) in [5.74, 6) is 2.08. The van der Waals surface area contributed by atoms with Gasteiger partial charge in [-0.05, 0) is 42.9 Å². The third-order valence-corrected chi connectivity index (χ3v) is 5.75. The summed E-state index contributed by atoms with van der Waals surface area (Å²) in [6.45, 7) is 2.42. The molecule has 0 aliphatic carbocycles. The molecular formula is C20H27N3O4. The third kappa shape index (κ3) is 3.68. The maximum absolute atomic E-state index is 12.9. The molecule has 0 spiro atoms. The number of rotatable bonds is 3. The van der Waals surface area contributed by atoms with Crippen molar-refractivity contribution >= 4 is 11.9 Å². The molecule has 0 radical (unpaired) electrons. The van der Waals surface area contributed by atoms with Crippen molar-refractivity contribution in [2.45, 2.75) is 31.7 Å². The average Bonchev–Trinajstić information content (AvgIpc) is 2.94. The molecule has 7 nitrogen and oxygen atoms in total. The predicted octanol–water partition coefficient (Wildman–Crippen LogP) is 1.95. The molecule has 3 fully saturated rings. The van der Waals surface area contributed by atoms with E-state index in [0.29, 0.717) is 25.3 Å². The van der Waals surface area contributed by atoms with E-state index in [0.717, 1.165) is 43.0 Å². The van der Waals surface area contributed by atoms with Gasteiger partial charge in [-0.15, -0.1) is 0 Å². The van der Waals surface area contributed by atoms with Gasteiger partial charge >= 0.3 is 6.03 Å². The first-order valence-corrected chi connectivity index (χ1v) is 9.65. The van der Waals surface area contributed by atoms with Crippen LogP contribution in [0.25, 0.3) is 0 Å². The molecule has 3 saturated heterocycles. The number of aryl methyl sites for hydroxylation is 1. The fourth-order valence-electron chi connectivity index (χ4n) is 4.32. The van der Waals surface area contributed by atoms with Gasteiger partial charge in [0.05, 0.1) is 0 Å². The highest BCUT2D eigenvalue weighted by Gasteiger charge is 2.38. The summed E-state index contributed by atoms with van der Waals surface area (Å²) >= 11 is 0. The van der Waals surface area contributed by atoms with Gasteiger partial charge < -0.3 is 24.2 Å². The second-order valence-corrected chi connectivity index (χ2v) is 7.91. The molecule has 1 aromatic rings. The smallest absolute Gasteiger partial charge is 0.319 e. The average molecular weight is 373 g/mol. The number of carbonyl (C=O) groups excluding carboxylic acids is 2. The van der Waals surface area contributed by atoms with Crippen molar-refractivity contribution in [1.29, 1.82) is 0 Å². The van der Waals surface area contributed by atoms with Crippen molar-refractivity contribution in [3.05, 3.63) is 23.8 Å². The van der Waals surface area contributed by atoms with Gasteiger partial charge in [0, 0.05) is 46.2 Å². The lowest BCUT2D eigenvalue weighted by Gasteiger charge is -2.36. The molecule has 0 saturated carbocycles. The van der Waals surface area contributed by atoms with Gasteiger partial charge in [-0.2, -0.15) is 0 Å². The summed E-state index contributed by atoms with van der Waals surface area (Å²) in [6, 6.07) is 6.04. The molecule has 27 heavy (non-hydrogen) atoms. The van der Waals surface area contributed by atoms with Crippen molar-refractivity contribution < 1.29 is 19.1 Å². The lowest BCUT2D eigenvalue weighted by atomic mass is 9.94. The lowest BCUT2D eigenvalue weighted by molar-refractivity contribution is -0.135. The van der Waals surface area contributed by atoms with E-state index in [1.54, 1.807) is 19.0 Å². The van der Waals surface area contributed by atoms with Crippen LogP contribution in [-0.2, 0) is 11.2 Å². The molecule has 4 heterocycles. The molecule has 4 aliphatic heterocycles. The van der Waals surface area contributed by atoms with Gasteiger partial charge in [0.15, 0.2) is 11.5 Å². The van der Waals surface area contributed by atoms with E-state index in [9.17, 15) is 9.59 Å². The van der Waals surface area contributed by atoms with E-state index in [-0.39, 0.29) is 24.8 Å². The van der Waals surface area contributed by atoms with Crippen LogP contribution >= 0.6 is 0 Å². The topological polar surface area (TPSA) is 62.3 Å². The van der Waals surface area contributed by atoms with Crippen molar-refractivity contribution in [1.82, 2.24) is 14.7 Å². The molecule has 3 amide bonds. The Morgan fingerprint density at radius 2 is 1.93 bits per heavy atom. The predicted molar refractivity (Wildman–Crippen MR) is 99.8 cm³/mol. The highest BCUT2D eigenvalue weighted by atomic mass is 16.7. The molecular weight excluding hydrogens is 346 g/mol. The van der Waals surface area contributed by atoms with E-state index >= 15 is 0 Å². The van der Waals surface area contributed by atoms with Crippen LogP contribution in [0, 0.1) is 5.92 Å². The molecule has 0 N–H and O–H groups in total. The second kappa shape index (κ2) is 7.29. The fraction of sp³-hybridized carbons (Fsp3) is 0.600. The zero-order valence-corrected chi connectivity index (χ0v) is 16.0. The second-order valence-electron chi connectivity index (χ2n) is 7.91. The quantitative estimate of drug-likeness (QED) is 0.813. The number of amides is 3. The number of hydrogen-bond acceptors (Lipinski definition) is 4. The Bertz CT molecular complexity index is 736. The van der Waals surface area contributed by atoms with E-state index in [1.807, 2.05) is 28.0 Å². The van der Waals surface area contributed by atoms with Gasteiger partial charge in [0.25, 0.3) is 0 Å². The minimum Gasteiger partial charge on any atom is -0.454 e. The van der Waals surface area contributed by atoms with Crippen LogP contribution < -0.4 is 9.47 Å². The third-order valence-electron chi connectivity index (χ3n) is 5.75. The Morgan fingerprint density at radius 3 is 2.74 bits per heavy atom. The molecule has 0 unspecified atom stereocenters. The molecule has 146 valence electrons. The van der Waals surface area contributed by atoms with Crippen LogP contribution in [-0.4, -0.2) is 73.2 Å². The summed E-state index contributed by atoms with van der Waals surface area (Å²) in [5, 5.41) is 0. The van der Waals surface area contributed by atoms with Crippen LogP contribution in [0.1, 0.15) is 24.8 Å². The van der Waals surface area contributed by atoms with Gasteiger partial charge in [-0.25, -0.2) is 4.79 Å². The standard InChI is InChI=1S/C20H27N3O4/c1-21(2)20(25)22-10-15-3-6-16(12-22)23(11-15)19(24)8-5-14-4-7-17-18(9-14)27-13-26-17/h4,7,9,15-16H,3,5-6,8,10-13H2,1-2H3/t15-,16+/m0/s1. The maximum atomic E-state index is 12.9. The van der Waals surface area contributed by atoms with E-state index in [1.165, 1.54) is 0 Å². The van der Waals surface area contributed by atoms with Crippen molar-refractivity contribution in [2.24, 2.45) is 5.92 Å². The summed E-state index contributed by atoms with van der Waals surface area (Å²) in [5.41, 5.74) is 1.08. The number of ether oxygens (including phenoxy) is 2. The van der Waals surface area contributed by atoms with Gasteiger partial charge in [-0.1, -0.05) is 6.07 Å². The summed E-state index contributed by atoms with van der Waals surface area (Å²) in [6.07, 6.45) is 3.24. The first kappa shape index (κ1) is 17.9. The van der Waals surface area contributed by atoms with E-state index in [2.05, 4.69) is 0 Å². The van der Waals surface area contributed by atoms with Gasteiger partial charge in [0.1, 0.15) is 0 Å². The van der Waals surface area contributed by atoms with Crippen LogP contribution in [0.5, 0.6) is 11.5 Å². The highest BCUT2D eigenvalue weighted by molar-refractivity contribution is 5.78. The van der Waals surface area contributed by atoms with E-state index < -0.39 is 0 Å². The van der Waals surface area contributed by atoms with Crippen LogP contribution in [0.2, 0.25) is 0 Å². The number of fused-ring (bicyclic) bond motifs is 5. The molecule has 2 bridgehead atoms. The zero-order valence-electron chi connectivity index (χ0n) is 16.0. The summed E-state index contributed by atoms with van der Waals surface area (Å²) in [4.78, 5) is 30.8. The van der Waals surface area contributed by atoms with Crippen LogP contribution in [0.3, 0.4) is 0 Å². The number of nitrogens with zero attached hydrogens (tertiary/aromatic N) is 3. The minimum atomic E-state index is 0.0431. The maximum Gasteiger partial charge on any atom is 0.319 e. The summed E-state index contributed by atoms with van der Waals surface area (Å²) in [7, 11) is 3.56. The summed E-state index contributed by atoms with van der Waals surface area (Å²) < 4.78 is 10.7. The molecule has 7 heteroatoms. The zero-order chi connectivity index (χ0) is 19.0. The Kier molecular flexibility index (Phi) is 4.85. The van der Waals surface area contributed by atoms with Gasteiger partial charge in [-0.3, -0.25) is 4.79 Å². The Labute approximate surface area is 159 Å². The first-order chi connectivity index (χ1) is 13.0. The number of hydrogen-bond donors (Lipinski definition) is 0. The molecule has 1 aromatic carbocycles. The normalized spacial score (nSPS) is 23.3. The van der Waals surface area contributed by atoms with Crippen LogP contribution in [0.4, 0.5) is 4.79 Å². The van der Waals surface area contributed by atoms with Crippen molar-refractivity contribution in [3.63, 3.8) is 0 Å². The highest BCUT2D eigenvalue weighted by Crippen LogP contribution is 2.33. The lowest BCUT2D eigenvalue weighted by Crippen LogP contribution is -2.48. The SMILES string of the molecule is CN(C)C(=O)N1C[C@@H]2CC[C@H](C1)N(C(=O)CCc1ccc3c(c1)OCO3)C2. The van der Waals surface area contributed by atoms with Crippen molar-refractivity contribution in [2.75, 3.05) is 40.5 Å². The Balaban J connectivity index is 1.38. The Hall–Kier alpha value is -2.44. The number of piperidine rings is 1. The first-order valence-electron chi connectivity index (χ1n) is 9.65. The molecule has 0 aromatic heterocycles. The van der Waals surface area contributed by atoms with Crippen LogP contribution in [0.15, 0.2) is 18.2 Å². The van der Waals surface area contributed by atoms with E-state index in [4.69, 9.17) is 9.47 Å². The number of carbonyl (C=O) groups is 2. The molecule has 5 rings (SSSR count). The Morgan fingerprint density at radius 1 is 1.11 bits per heavy atom. The fourth-order valence-corrected chi connectivity index (χ4v) is 4.32. The minimum absolute atomic E-state index is 0.0431. The number of urea groups is 1. The van der Waals surface area contributed by atoms with Crippen molar-refractivity contribution in [3.8, 4) is 11.5 Å². The van der Waals surface area contributed by atoms with Gasteiger partial charge in [0.2, 0.25) is 12.7 Å². The molecule has 4 aliphatic rings. The number of benzene rings is 1. The monoisotopic (exact) mass is 373 g/mol.